The molecule has 20 heavy (non-hydrogen) atoms. The lowest BCUT2D eigenvalue weighted by Gasteiger charge is -2.15. The van der Waals surface area contributed by atoms with Crippen molar-refractivity contribution in [1.29, 1.82) is 0 Å². The number of carbonyl (C=O) groups excluding carboxylic acids is 2. The van der Waals surface area contributed by atoms with Gasteiger partial charge in [-0.2, -0.15) is 0 Å². The van der Waals surface area contributed by atoms with E-state index in [9.17, 15) is 14.4 Å². The predicted octanol–water partition coefficient (Wildman–Crippen LogP) is -1.30. The zero-order valence-corrected chi connectivity index (χ0v) is 11.5. The molecular weight excluding hydrogens is 268 g/mol. The van der Waals surface area contributed by atoms with E-state index < -0.39 is 5.97 Å². The monoisotopic (exact) mass is 288 g/mol. The Kier molecular flexibility index (Phi) is 6.96. The molecule has 8 nitrogen and oxygen atoms in total. The lowest BCUT2D eigenvalue weighted by atomic mass is 10.1. The molecule has 2 amide bonds. The van der Waals surface area contributed by atoms with E-state index in [1.54, 1.807) is 12.0 Å². The Bertz CT molecular complexity index is 360. The molecule has 1 rings (SSSR count). The summed E-state index contributed by atoms with van der Waals surface area (Å²) in [6, 6.07) is 0. The first-order valence-corrected chi connectivity index (χ1v) is 6.38. The fraction of sp³-hybridized carbons (Fsp3) is 0.750. The molecule has 1 unspecified atom stereocenters. The number of nitrogens with one attached hydrogen (secondary N) is 1. The van der Waals surface area contributed by atoms with Crippen molar-refractivity contribution in [3.63, 3.8) is 0 Å². The predicted molar refractivity (Wildman–Crippen MR) is 68.0 cm³/mol. The van der Waals surface area contributed by atoms with Gasteiger partial charge in [-0.25, -0.2) is 4.79 Å². The Hall–Kier alpha value is -1.67. The van der Waals surface area contributed by atoms with E-state index in [0.29, 0.717) is 19.7 Å². The van der Waals surface area contributed by atoms with E-state index in [0.717, 1.165) is 0 Å². The van der Waals surface area contributed by atoms with Crippen LogP contribution in [-0.4, -0.2) is 74.4 Å². The number of rotatable bonds is 9. The summed E-state index contributed by atoms with van der Waals surface area (Å²) < 4.78 is 9.70. The highest BCUT2D eigenvalue weighted by atomic mass is 16.5. The van der Waals surface area contributed by atoms with Crippen LogP contribution in [-0.2, 0) is 23.9 Å². The van der Waals surface area contributed by atoms with Crippen LogP contribution in [0.1, 0.15) is 6.42 Å². The zero-order valence-electron chi connectivity index (χ0n) is 11.5. The second-order valence-corrected chi connectivity index (χ2v) is 4.47. The van der Waals surface area contributed by atoms with Crippen molar-refractivity contribution < 1.29 is 29.0 Å². The van der Waals surface area contributed by atoms with Crippen LogP contribution in [0.5, 0.6) is 0 Å². The van der Waals surface area contributed by atoms with Crippen LogP contribution in [0.4, 0.5) is 0 Å². The minimum Gasteiger partial charge on any atom is -0.480 e. The average molecular weight is 288 g/mol. The highest BCUT2D eigenvalue weighted by Gasteiger charge is 2.33. The number of carboxylic acids is 1. The molecule has 1 heterocycles. The van der Waals surface area contributed by atoms with Crippen molar-refractivity contribution in [3.05, 3.63) is 0 Å². The maximum Gasteiger partial charge on any atom is 0.329 e. The molecule has 0 aromatic heterocycles. The van der Waals surface area contributed by atoms with Crippen LogP contribution in [0, 0.1) is 5.92 Å². The number of aliphatic carboxylic acids is 1. The third-order valence-corrected chi connectivity index (χ3v) is 2.92. The summed E-state index contributed by atoms with van der Waals surface area (Å²) in [6.07, 6.45) is 0.200. The second-order valence-electron chi connectivity index (χ2n) is 4.47. The molecule has 0 aliphatic carbocycles. The average Bonchev–Trinajstić information content (AvgIpc) is 2.77. The Balaban J connectivity index is 2.20. The second kappa shape index (κ2) is 8.49. The topological polar surface area (TPSA) is 105 Å². The van der Waals surface area contributed by atoms with Crippen LogP contribution in [0.3, 0.4) is 0 Å². The van der Waals surface area contributed by atoms with Crippen LogP contribution in [0.2, 0.25) is 0 Å². The summed E-state index contributed by atoms with van der Waals surface area (Å²) >= 11 is 0. The van der Waals surface area contributed by atoms with Crippen molar-refractivity contribution in [2.24, 2.45) is 5.92 Å². The SMILES string of the molecule is COCCN1CC(C(=O)NCCOCC(=O)O)CC1=O. The van der Waals surface area contributed by atoms with Crippen molar-refractivity contribution in [1.82, 2.24) is 10.2 Å². The molecule has 0 aromatic rings. The molecule has 1 saturated heterocycles. The van der Waals surface area contributed by atoms with Crippen molar-refractivity contribution >= 4 is 17.8 Å². The van der Waals surface area contributed by atoms with Gasteiger partial charge in [-0.1, -0.05) is 0 Å². The normalized spacial score (nSPS) is 18.4. The largest absolute Gasteiger partial charge is 0.480 e. The van der Waals surface area contributed by atoms with Crippen LogP contribution in [0.25, 0.3) is 0 Å². The number of amides is 2. The third-order valence-electron chi connectivity index (χ3n) is 2.92. The molecule has 114 valence electrons. The number of hydrogen-bond donors (Lipinski definition) is 2. The number of carboxylic acid groups (broad SMARTS) is 1. The minimum absolute atomic E-state index is 0.0515. The molecule has 1 aliphatic heterocycles. The maximum absolute atomic E-state index is 11.8. The van der Waals surface area contributed by atoms with Crippen LogP contribution < -0.4 is 5.32 Å². The summed E-state index contributed by atoms with van der Waals surface area (Å²) in [4.78, 5) is 35.3. The smallest absolute Gasteiger partial charge is 0.329 e. The molecule has 0 aromatic carbocycles. The van der Waals surface area contributed by atoms with Gasteiger partial charge in [-0.05, 0) is 0 Å². The van der Waals surface area contributed by atoms with Gasteiger partial charge in [0.15, 0.2) is 0 Å². The Labute approximate surface area is 117 Å². The molecular formula is C12H20N2O6. The highest BCUT2D eigenvalue weighted by molar-refractivity contribution is 5.89. The van der Waals surface area contributed by atoms with E-state index in [1.807, 2.05) is 0 Å². The van der Waals surface area contributed by atoms with Crippen LogP contribution in [0.15, 0.2) is 0 Å². The first-order valence-electron chi connectivity index (χ1n) is 6.38. The van der Waals surface area contributed by atoms with Gasteiger partial charge in [0.2, 0.25) is 11.8 Å². The molecule has 1 fully saturated rings. The van der Waals surface area contributed by atoms with E-state index in [-0.39, 0.29) is 43.9 Å². The van der Waals surface area contributed by atoms with Gasteiger partial charge in [-0.15, -0.1) is 0 Å². The molecule has 0 radical (unpaired) electrons. The summed E-state index contributed by atoms with van der Waals surface area (Å²) in [7, 11) is 1.56. The van der Waals surface area contributed by atoms with E-state index in [4.69, 9.17) is 14.6 Å². The van der Waals surface area contributed by atoms with Crippen molar-refractivity contribution in [2.75, 3.05) is 46.6 Å². The number of ether oxygens (including phenoxy) is 2. The summed E-state index contributed by atoms with van der Waals surface area (Å²) in [5.41, 5.74) is 0. The van der Waals surface area contributed by atoms with Gasteiger partial charge in [0.05, 0.1) is 19.1 Å². The molecule has 0 bridgehead atoms. The van der Waals surface area contributed by atoms with E-state index in [1.165, 1.54) is 0 Å². The lowest BCUT2D eigenvalue weighted by molar-refractivity contribution is -0.142. The van der Waals surface area contributed by atoms with Gasteiger partial charge in [0, 0.05) is 33.2 Å². The molecule has 1 aliphatic rings. The quantitative estimate of drug-likeness (QED) is 0.511. The first kappa shape index (κ1) is 16.4. The number of hydrogen-bond acceptors (Lipinski definition) is 5. The zero-order chi connectivity index (χ0) is 15.0. The van der Waals surface area contributed by atoms with Crippen LogP contribution >= 0.6 is 0 Å². The molecule has 1 atom stereocenters. The van der Waals surface area contributed by atoms with Crippen molar-refractivity contribution in [3.8, 4) is 0 Å². The fourth-order valence-electron chi connectivity index (χ4n) is 1.92. The lowest BCUT2D eigenvalue weighted by Crippen LogP contribution is -2.35. The number of methoxy groups -OCH3 is 1. The van der Waals surface area contributed by atoms with Gasteiger partial charge in [0.25, 0.3) is 0 Å². The minimum atomic E-state index is -1.05. The Morgan fingerprint density at radius 2 is 2.20 bits per heavy atom. The standard InChI is InChI=1S/C12H20N2O6/c1-19-5-3-14-7-9(6-10(14)15)12(18)13-2-4-20-8-11(16)17/h9H,2-8H2,1H3,(H,13,18)(H,16,17). The summed E-state index contributed by atoms with van der Waals surface area (Å²) in [6.45, 7) is 1.30. The van der Waals surface area contributed by atoms with Gasteiger partial charge >= 0.3 is 5.97 Å². The first-order chi connectivity index (χ1) is 9.54. The summed E-state index contributed by atoms with van der Waals surface area (Å²) in [5, 5.41) is 11.0. The van der Waals surface area contributed by atoms with E-state index in [2.05, 4.69) is 5.32 Å². The molecule has 0 saturated carbocycles. The third kappa shape index (κ3) is 5.54. The summed E-state index contributed by atoms with van der Waals surface area (Å²) in [5.74, 6) is -1.67. The highest BCUT2D eigenvalue weighted by Crippen LogP contribution is 2.17. The Morgan fingerprint density at radius 3 is 2.85 bits per heavy atom. The number of nitrogens with zero attached hydrogens (tertiary/aromatic N) is 1. The van der Waals surface area contributed by atoms with Crippen molar-refractivity contribution in [2.45, 2.75) is 6.42 Å². The Morgan fingerprint density at radius 1 is 1.45 bits per heavy atom. The number of likely N-dealkylation sites (tertiary alicyclic amines) is 1. The molecule has 2 N–H and O–H groups in total. The molecule has 8 heteroatoms. The van der Waals surface area contributed by atoms with Gasteiger partial charge in [0.1, 0.15) is 6.61 Å². The van der Waals surface area contributed by atoms with Gasteiger partial charge < -0.3 is 24.8 Å². The number of carbonyl (C=O) groups is 3. The van der Waals surface area contributed by atoms with Gasteiger partial charge in [-0.3, -0.25) is 9.59 Å². The maximum atomic E-state index is 11.8. The fourth-order valence-corrected chi connectivity index (χ4v) is 1.92. The molecule has 0 spiro atoms. The van der Waals surface area contributed by atoms with E-state index >= 15 is 0 Å².